The maximum atomic E-state index is 11.4. The lowest BCUT2D eigenvalue weighted by atomic mass is 10.1. The van der Waals surface area contributed by atoms with E-state index in [2.05, 4.69) is 10.3 Å². The van der Waals surface area contributed by atoms with Crippen molar-refractivity contribution in [3.05, 3.63) is 40.5 Å². The number of carbonyl (C=O) groups excluding carboxylic acids is 1. The second-order valence-electron chi connectivity index (χ2n) is 4.94. The first-order valence-electron chi connectivity index (χ1n) is 6.51. The Morgan fingerprint density at radius 2 is 2.10 bits per heavy atom. The van der Waals surface area contributed by atoms with E-state index in [4.69, 9.17) is 11.5 Å². The number of nitrogen functional groups attached to an aromatic ring is 1. The zero-order valence-corrected chi connectivity index (χ0v) is 11.7. The Bertz CT molecular complexity index is 634. The zero-order chi connectivity index (χ0) is 14.1. The number of amides is 1. The summed E-state index contributed by atoms with van der Waals surface area (Å²) >= 11 is 1.36. The fourth-order valence-electron chi connectivity index (χ4n) is 2.23. The van der Waals surface area contributed by atoms with Crippen molar-refractivity contribution < 1.29 is 4.79 Å². The van der Waals surface area contributed by atoms with Crippen molar-refractivity contribution in [3.8, 4) is 0 Å². The smallest absolute Gasteiger partial charge is 0.260 e. The number of hydrogen-bond acceptors (Lipinski definition) is 5. The molecule has 104 valence electrons. The minimum absolute atomic E-state index is 0.452. The number of nitrogens with one attached hydrogen (secondary N) is 1. The number of anilines is 2. The van der Waals surface area contributed by atoms with E-state index in [1.54, 1.807) is 12.4 Å². The normalized spacial score (nSPS) is 14.2. The standard InChI is InChI=1S/C14H16N4OS/c15-11-10(9-1-2-9)14(20-12(11)13(16)19)18-7-8-3-5-17-6-4-8/h3-6,9,18H,1-2,7,15H2,(H2,16,19). The SMILES string of the molecule is NC(=O)c1sc(NCc2ccncc2)c(C2CC2)c1N. The molecule has 0 saturated heterocycles. The Hall–Kier alpha value is -2.08. The van der Waals surface area contributed by atoms with Gasteiger partial charge in [0, 0.05) is 24.5 Å². The van der Waals surface area contributed by atoms with Crippen LogP contribution in [0.2, 0.25) is 0 Å². The molecule has 1 aliphatic carbocycles. The first-order chi connectivity index (χ1) is 9.66. The number of carbonyl (C=O) groups is 1. The highest BCUT2D eigenvalue weighted by Gasteiger charge is 2.32. The minimum atomic E-state index is -0.452. The molecule has 3 rings (SSSR count). The molecule has 5 N–H and O–H groups in total. The summed E-state index contributed by atoms with van der Waals surface area (Å²) in [4.78, 5) is 15.9. The molecule has 1 aliphatic rings. The van der Waals surface area contributed by atoms with E-state index in [1.807, 2.05) is 12.1 Å². The molecule has 0 aliphatic heterocycles. The average Bonchev–Trinajstić information content (AvgIpc) is 3.21. The molecular weight excluding hydrogens is 272 g/mol. The molecule has 0 spiro atoms. The first kappa shape index (κ1) is 12.9. The van der Waals surface area contributed by atoms with Gasteiger partial charge in [0.15, 0.2) is 0 Å². The van der Waals surface area contributed by atoms with Crippen LogP contribution in [0.25, 0.3) is 0 Å². The molecule has 6 heteroatoms. The van der Waals surface area contributed by atoms with Crippen LogP contribution in [-0.2, 0) is 6.54 Å². The van der Waals surface area contributed by atoms with Gasteiger partial charge >= 0.3 is 0 Å². The Morgan fingerprint density at radius 1 is 1.40 bits per heavy atom. The zero-order valence-electron chi connectivity index (χ0n) is 10.9. The molecule has 1 fully saturated rings. The number of aromatic nitrogens is 1. The van der Waals surface area contributed by atoms with Gasteiger partial charge < -0.3 is 16.8 Å². The topological polar surface area (TPSA) is 94.0 Å². The van der Waals surface area contributed by atoms with Gasteiger partial charge in [0.2, 0.25) is 0 Å². The van der Waals surface area contributed by atoms with Crippen LogP contribution in [0.5, 0.6) is 0 Å². The lowest BCUT2D eigenvalue weighted by Crippen LogP contribution is -2.11. The van der Waals surface area contributed by atoms with Crippen molar-refractivity contribution in [2.45, 2.75) is 25.3 Å². The van der Waals surface area contributed by atoms with Gasteiger partial charge in [-0.2, -0.15) is 0 Å². The number of primary amides is 1. The Morgan fingerprint density at radius 3 is 2.70 bits per heavy atom. The number of nitrogens with zero attached hydrogens (tertiary/aromatic N) is 1. The van der Waals surface area contributed by atoms with Crippen LogP contribution in [0, 0.1) is 0 Å². The molecule has 0 bridgehead atoms. The molecular formula is C14H16N4OS. The quantitative estimate of drug-likeness (QED) is 0.787. The lowest BCUT2D eigenvalue weighted by Gasteiger charge is -2.07. The van der Waals surface area contributed by atoms with E-state index < -0.39 is 5.91 Å². The van der Waals surface area contributed by atoms with E-state index in [0.717, 1.165) is 29.0 Å². The molecule has 2 aromatic heterocycles. The molecule has 1 saturated carbocycles. The first-order valence-corrected chi connectivity index (χ1v) is 7.33. The van der Waals surface area contributed by atoms with Crippen molar-refractivity contribution in [1.29, 1.82) is 0 Å². The number of nitrogens with two attached hydrogens (primary N) is 2. The van der Waals surface area contributed by atoms with Gasteiger partial charge in [-0.15, -0.1) is 11.3 Å². The van der Waals surface area contributed by atoms with Crippen LogP contribution < -0.4 is 16.8 Å². The van der Waals surface area contributed by atoms with Gasteiger partial charge in [-0.3, -0.25) is 9.78 Å². The molecule has 1 amide bonds. The fourth-order valence-corrected chi connectivity index (χ4v) is 3.29. The molecule has 5 nitrogen and oxygen atoms in total. The Balaban J connectivity index is 1.85. The maximum Gasteiger partial charge on any atom is 0.260 e. The summed E-state index contributed by atoms with van der Waals surface area (Å²) in [5.41, 5.74) is 14.2. The summed E-state index contributed by atoms with van der Waals surface area (Å²) in [6.07, 6.45) is 5.78. The molecule has 0 atom stereocenters. The van der Waals surface area contributed by atoms with Crippen molar-refractivity contribution in [2.75, 3.05) is 11.1 Å². The summed E-state index contributed by atoms with van der Waals surface area (Å²) in [6, 6.07) is 3.91. The number of rotatable bonds is 5. The largest absolute Gasteiger partial charge is 0.397 e. The van der Waals surface area contributed by atoms with Crippen LogP contribution in [0.15, 0.2) is 24.5 Å². The maximum absolute atomic E-state index is 11.4. The fraction of sp³-hybridized carbons (Fsp3) is 0.286. The van der Waals surface area contributed by atoms with E-state index in [-0.39, 0.29) is 0 Å². The third-order valence-electron chi connectivity index (χ3n) is 3.40. The minimum Gasteiger partial charge on any atom is -0.397 e. The molecule has 0 unspecified atom stereocenters. The van der Waals surface area contributed by atoms with Gasteiger partial charge in [0.1, 0.15) is 4.88 Å². The summed E-state index contributed by atoms with van der Waals surface area (Å²) in [5, 5.41) is 4.34. The van der Waals surface area contributed by atoms with Gasteiger partial charge in [0.05, 0.1) is 10.7 Å². The van der Waals surface area contributed by atoms with Gasteiger partial charge in [-0.25, -0.2) is 0 Å². The van der Waals surface area contributed by atoms with E-state index >= 15 is 0 Å². The van der Waals surface area contributed by atoms with Crippen LogP contribution in [-0.4, -0.2) is 10.9 Å². The van der Waals surface area contributed by atoms with E-state index in [1.165, 1.54) is 11.3 Å². The van der Waals surface area contributed by atoms with Gasteiger partial charge in [-0.05, 0) is 36.5 Å². The molecule has 2 aromatic rings. The third kappa shape index (κ3) is 2.46. The predicted molar refractivity (Wildman–Crippen MR) is 80.8 cm³/mol. The van der Waals surface area contributed by atoms with E-state index in [0.29, 0.717) is 23.0 Å². The molecule has 2 heterocycles. The van der Waals surface area contributed by atoms with Crippen molar-refractivity contribution >= 4 is 27.9 Å². The van der Waals surface area contributed by atoms with Crippen LogP contribution in [0.3, 0.4) is 0 Å². The second kappa shape index (κ2) is 5.13. The number of pyridine rings is 1. The highest BCUT2D eigenvalue weighted by Crippen LogP contribution is 2.50. The second-order valence-corrected chi connectivity index (χ2v) is 5.96. The molecule has 0 aromatic carbocycles. The summed E-state index contributed by atoms with van der Waals surface area (Å²) in [6.45, 7) is 0.681. The van der Waals surface area contributed by atoms with Gasteiger partial charge in [0.25, 0.3) is 5.91 Å². The number of thiophene rings is 1. The molecule has 0 radical (unpaired) electrons. The summed E-state index contributed by atoms with van der Waals surface area (Å²) in [7, 11) is 0. The highest BCUT2D eigenvalue weighted by atomic mass is 32.1. The number of hydrogen-bond donors (Lipinski definition) is 3. The van der Waals surface area contributed by atoms with Crippen molar-refractivity contribution in [1.82, 2.24) is 4.98 Å². The monoisotopic (exact) mass is 288 g/mol. The Kier molecular flexibility index (Phi) is 3.31. The summed E-state index contributed by atoms with van der Waals surface area (Å²) < 4.78 is 0. The predicted octanol–water partition coefficient (Wildman–Crippen LogP) is 2.31. The molecule has 20 heavy (non-hydrogen) atoms. The Labute approximate surface area is 121 Å². The van der Waals surface area contributed by atoms with Crippen LogP contribution in [0.1, 0.15) is 39.6 Å². The third-order valence-corrected chi connectivity index (χ3v) is 4.59. The van der Waals surface area contributed by atoms with Crippen molar-refractivity contribution in [2.24, 2.45) is 5.73 Å². The average molecular weight is 288 g/mol. The summed E-state index contributed by atoms with van der Waals surface area (Å²) in [5.74, 6) is 0.0191. The van der Waals surface area contributed by atoms with Gasteiger partial charge in [-0.1, -0.05) is 0 Å². The van der Waals surface area contributed by atoms with Crippen LogP contribution in [0.4, 0.5) is 10.7 Å². The lowest BCUT2D eigenvalue weighted by molar-refractivity contribution is 0.100. The van der Waals surface area contributed by atoms with E-state index in [9.17, 15) is 4.79 Å². The van der Waals surface area contributed by atoms with Crippen molar-refractivity contribution in [3.63, 3.8) is 0 Å². The van der Waals surface area contributed by atoms with Crippen LogP contribution >= 0.6 is 11.3 Å². The highest BCUT2D eigenvalue weighted by molar-refractivity contribution is 7.18.